The van der Waals surface area contributed by atoms with E-state index in [0.29, 0.717) is 41.5 Å². The van der Waals surface area contributed by atoms with E-state index in [1.807, 2.05) is 0 Å². The number of hydrogen-bond donors (Lipinski definition) is 1. The summed E-state index contributed by atoms with van der Waals surface area (Å²) < 4.78 is 46.6. The number of fused-ring (bicyclic) bond motifs is 1. The molecule has 1 N–H and O–H groups in total. The maximum atomic E-state index is 13.5. The molecule has 152 valence electrons. The smallest absolute Gasteiger partial charge is 0.368 e. The summed E-state index contributed by atoms with van der Waals surface area (Å²) >= 11 is 0. The van der Waals surface area contributed by atoms with Crippen LogP contribution in [0.4, 0.5) is 19.0 Å². The Morgan fingerprint density at radius 1 is 1.36 bits per heavy atom. The van der Waals surface area contributed by atoms with Gasteiger partial charge < -0.3 is 14.7 Å². The van der Waals surface area contributed by atoms with Gasteiger partial charge in [0.15, 0.2) is 6.04 Å². The second-order valence-corrected chi connectivity index (χ2v) is 7.59. The van der Waals surface area contributed by atoms with Crippen LogP contribution in [0.2, 0.25) is 0 Å². The molecule has 0 aliphatic carbocycles. The molecule has 4 heterocycles. The second-order valence-electron chi connectivity index (χ2n) is 7.59. The molecule has 2 aromatic heterocycles. The van der Waals surface area contributed by atoms with Crippen LogP contribution in [0, 0.1) is 13.8 Å². The first-order valence-corrected chi connectivity index (χ1v) is 9.33. The van der Waals surface area contributed by atoms with Crippen LogP contribution in [0.1, 0.15) is 65.8 Å². The van der Waals surface area contributed by atoms with Gasteiger partial charge >= 0.3 is 6.18 Å². The number of carbonyl (C=O) groups excluding carboxylic acids is 1. The van der Waals surface area contributed by atoms with Crippen molar-refractivity contribution in [1.82, 2.24) is 19.8 Å². The molecule has 1 amide bonds. The lowest BCUT2D eigenvalue weighted by Crippen LogP contribution is -2.38. The second kappa shape index (κ2) is 6.52. The summed E-state index contributed by atoms with van der Waals surface area (Å²) in [5.74, 6) is 0.552. The Bertz CT molecular complexity index is 884. The fraction of sp³-hybridized carbons (Fsp3) is 0.611. The van der Waals surface area contributed by atoms with Gasteiger partial charge in [0.05, 0.1) is 17.4 Å². The van der Waals surface area contributed by atoms with Gasteiger partial charge in [0.1, 0.15) is 17.1 Å². The number of carbonyl (C=O) groups is 1. The van der Waals surface area contributed by atoms with Crippen molar-refractivity contribution in [2.24, 2.45) is 0 Å². The van der Waals surface area contributed by atoms with Gasteiger partial charge in [0, 0.05) is 18.7 Å². The SMILES string of the molecule is Cc1noc(C)c1C(=O)N1CCC[C@H]1c1cc2n(n1)[C@@H](C(F)(F)F)C[C@@H](C)N2. The summed E-state index contributed by atoms with van der Waals surface area (Å²) in [6.45, 7) is 5.61. The molecule has 28 heavy (non-hydrogen) atoms. The van der Waals surface area contributed by atoms with E-state index in [9.17, 15) is 18.0 Å². The third-order valence-corrected chi connectivity index (χ3v) is 5.50. The molecule has 0 saturated carbocycles. The van der Waals surface area contributed by atoms with Gasteiger partial charge in [-0.1, -0.05) is 5.16 Å². The van der Waals surface area contributed by atoms with Crippen molar-refractivity contribution < 1.29 is 22.5 Å². The van der Waals surface area contributed by atoms with Gasteiger partial charge in [-0.3, -0.25) is 4.79 Å². The van der Waals surface area contributed by atoms with Gasteiger partial charge in [-0.2, -0.15) is 18.3 Å². The van der Waals surface area contributed by atoms with Crippen LogP contribution in [0.5, 0.6) is 0 Å². The standard InChI is InChI=1S/C18H22F3N5O2/c1-9-7-14(18(19,20)21)26-15(22-9)8-12(23-26)13-5-4-6-25(13)17(27)16-10(2)24-28-11(16)3/h8-9,13-14,22H,4-7H2,1-3H3/t9-,13+,14-/m1/s1. The third kappa shape index (κ3) is 3.04. The van der Waals surface area contributed by atoms with Crippen molar-refractivity contribution in [1.29, 1.82) is 0 Å². The molecule has 0 unspecified atom stereocenters. The number of rotatable bonds is 2. The predicted molar refractivity (Wildman–Crippen MR) is 94.0 cm³/mol. The zero-order chi connectivity index (χ0) is 20.2. The van der Waals surface area contributed by atoms with Crippen molar-refractivity contribution in [3.63, 3.8) is 0 Å². The minimum atomic E-state index is -4.38. The number of nitrogens with zero attached hydrogens (tertiary/aromatic N) is 4. The molecular weight excluding hydrogens is 375 g/mol. The average Bonchev–Trinajstić information content (AvgIpc) is 3.30. The monoisotopic (exact) mass is 397 g/mol. The van der Waals surface area contributed by atoms with E-state index in [0.717, 1.165) is 11.1 Å². The molecule has 0 bridgehead atoms. The molecule has 2 aliphatic rings. The van der Waals surface area contributed by atoms with Gasteiger partial charge in [-0.25, -0.2) is 4.68 Å². The molecular formula is C18H22F3N5O2. The van der Waals surface area contributed by atoms with Crippen molar-refractivity contribution in [3.05, 3.63) is 28.8 Å². The molecule has 0 radical (unpaired) electrons. The Hall–Kier alpha value is -2.52. The molecule has 1 saturated heterocycles. The lowest BCUT2D eigenvalue weighted by atomic mass is 10.1. The van der Waals surface area contributed by atoms with Gasteiger partial charge in [-0.05, 0) is 40.0 Å². The average molecular weight is 397 g/mol. The largest absolute Gasteiger partial charge is 0.410 e. The fourth-order valence-corrected chi connectivity index (χ4v) is 4.19. The van der Waals surface area contributed by atoms with E-state index >= 15 is 0 Å². The van der Waals surface area contributed by atoms with E-state index in [4.69, 9.17) is 4.52 Å². The first-order valence-electron chi connectivity index (χ1n) is 9.33. The zero-order valence-corrected chi connectivity index (χ0v) is 15.9. The topological polar surface area (TPSA) is 76.2 Å². The summed E-state index contributed by atoms with van der Waals surface area (Å²) in [5.41, 5.74) is 1.39. The molecule has 0 aromatic carbocycles. The molecule has 7 nitrogen and oxygen atoms in total. The number of likely N-dealkylation sites (tertiary alicyclic amines) is 1. The highest BCUT2D eigenvalue weighted by Crippen LogP contribution is 2.41. The molecule has 2 aliphatic heterocycles. The Kier molecular flexibility index (Phi) is 4.39. The number of alkyl halides is 3. The normalized spacial score (nSPS) is 24.9. The number of aromatic nitrogens is 3. The highest BCUT2D eigenvalue weighted by molar-refractivity contribution is 5.96. The first kappa shape index (κ1) is 18.8. The highest BCUT2D eigenvalue weighted by atomic mass is 19.4. The predicted octanol–water partition coefficient (Wildman–Crippen LogP) is 3.77. The molecule has 1 fully saturated rings. The van der Waals surface area contributed by atoms with Crippen molar-refractivity contribution in [2.45, 2.75) is 64.3 Å². The quantitative estimate of drug-likeness (QED) is 0.835. The lowest BCUT2D eigenvalue weighted by molar-refractivity contribution is -0.173. The third-order valence-electron chi connectivity index (χ3n) is 5.50. The van der Waals surface area contributed by atoms with E-state index < -0.39 is 12.2 Å². The number of aryl methyl sites for hydroxylation is 2. The Morgan fingerprint density at radius 3 is 2.75 bits per heavy atom. The number of halogens is 3. The van der Waals surface area contributed by atoms with Gasteiger partial charge in [0.2, 0.25) is 0 Å². The van der Waals surface area contributed by atoms with Crippen LogP contribution in [0.3, 0.4) is 0 Å². The van der Waals surface area contributed by atoms with Gasteiger partial charge in [-0.15, -0.1) is 0 Å². The first-order chi connectivity index (χ1) is 13.2. The number of hydrogen-bond acceptors (Lipinski definition) is 5. The molecule has 10 heteroatoms. The number of nitrogens with one attached hydrogen (secondary N) is 1. The number of amides is 1. The maximum absolute atomic E-state index is 13.5. The zero-order valence-electron chi connectivity index (χ0n) is 15.9. The summed E-state index contributed by atoms with van der Waals surface area (Å²) in [6.07, 6.45) is -3.05. The molecule has 3 atom stereocenters. The minimum absolute atomic E-state index is 0.0794. The number of anilines is 1. The van der Waals surface area contributed by atoms with Crippen LogP contribution < -0.4 is 5.32 Å². The summed E-state index contributed by atoms with van der Waals surface area (Å²) in [4.78, 5) is 14.7. The molecule has 4 rings (SSSR count). The molecule has 2 aromatic rings. The van der Waals surface area contributed by atoms with Crippen LogP contribution in [-0.2, 0) is 0 Å². The minimum Gasteiger partial charge on any atom is -0.368 e. The van der Waals surface area contributed by atoms with Crippen LogP contribution in [0.15, 0.2) is 10.6 Å². The van der Waals surface area contributed by atoms with Crippen LogP contribution >= 0.6 is 0 Å². The summed E-state index contributed by atoms with van der Waals surface area (Å²) in [5, 5.41) is 11.2. The van der Waals surface area contributed by atoms with Crippen LogP contribution in [0.25, 0.3) is 0 Å². The Labute approximate surface area is 159 Å². The van der Waals surface area contributed by atoms with E-state index in [1.165, 1.54) is 0 Å². The Balaban J connectivity index is 1.67. The van der Waals surface area contributed by atoms with Crippen LogP contribution in [-0.4, -0.2) is 44.5 Å². The van der Waals surface area contributed by atoms with Crippen molar-refractivity contribution >= 4 is 11.7 Å². The van der Waals surface area contributed by atoms with Crippen molar-refractivity contribution in [3.8, 4) is 0 Å². The lowest BCUT2D eigenvalue weighted by Gasteiger charge is -2.31. The van der Waals surface area contributed by atoms with E-state index in [2.05, 4.69) is 15.6 Å². The highest BCUT2D eigenvalue weighted by Gasteiger charge is 2.46. The van der Waals surface area contributed by atoms with Gasteiger partial charge in [0.25, 0.3) is 5.91 Å². The molecule has 0 spiro atoms. The summed E-state index contributed by atoms with van der Waals surface area (Å²) in [7, 11) is 0. The Morgan fingerprint density at radius 2 is 2.11 bits per heavy atom. The van der Waals surface area contributed by atoms with E-state index in [-0.39, 0.29) is 24.4 Å². The summed E-state index contributed by atoms with van der Waals surface area (Å²) in [6, 6.07) is -0.712. The van der Waals surface area contributed by atoms with Crippen molar-refractivity contribution in [2.75, 3.05) is 11.9 Å². The fourth-order valence-electron chi connectivity index (χ4n) is 4.19. The van der Waals surface area contributed by atoms with E-state index in [1.54, 1.807) is 31.7 Å². The maximum Gasteiger partial charge on any atom is 0.410 e.